The molecule has 0 radical (unpaired) electrons. The summed E-state index contributed by atoms with van der Waals surface area (Å²) in [5.41, 5.74) is 0. The highest BCUT2D eigenvalue weighted by atomic mass is 16.6. The first-order valence-corrected chi connectivity index (χ1v) is 4.26. The Hall–Kier alpha value is -0.570. The van der Waals surface area contributed by atoms with Gasteiger partial charge < -0.3 is 4.84 Å². The Balaban J connectivity index is 2.04. The Labute approximate surface area is 68.0 Å². The van der Waals surface area contributed by atoms with Crippen LogP contribution in [0.1, 0.15) is 26.2 Å². The van der Waals surface area contributed by atoms with Crippen LogP contribution in [0.2, 0.25) is 0 Å². The lowest BCUT2D eigenvalue weighted by molar-refractivity contribution is 0.0230. The van der Waals surface area contributed by atoms with E-state index in [0.29, 0.717) is 6.73 Å². The number of likely N-dealkylation sites (tertiary alicyclic amines) is 1. The molecule has 64 valence electrons. The van der Waals surface area contributed by atoms with Crippen LogP contribution >= 0.6 is 0 Å². The van der Waals surface area contributed by atoms with Crippen molar-refractivity contribution < 1.29 is 4.84 Å². The highest BCUT2D eigenvalue weighted by Crippen LogP contribution is 2.07. The van der Waals surface area contributed by atoms with Crippen molar-refractivity contribution in [3.63, 3.8) is 0 Å². The van der Waals surface area contributed by atoms with Crippen LogP contribution in [0, 0.1) is 0 Å². The minimum Gasteiger partial charge on any atom is -0.380 e. The normalized spacial score (nSPS) is 20.8. The Kier molecular flexibility index (Phi) is 3.98. The third kappa shape index (κ3) is 3.37. The average Bonchev–Trinajstić information content (AvgIpc) is 2.07. The van der Waals surface area contributed by atoms with E-state index in [1.165, 1.54) is 32.4 Å². The van der Waals surface area contributed by atoms with Gasteiger partial charge in [-0.05, 0) is 19.8 Å². The SMILES string of the molecule is CC=NOCN1CCCCC1. The summed E-state index contributed by atoms with van der Waals surface area (Å²) in [6.45, 7) is 4.85. The summed E-state index contributed by atoms with van der Waals surface area (Å²) in [6, 6.07) is 0. The first kappa shape index (κ1) is 8.53. The van der Waals surface area contributed by atoms with E-state index in [1.54, 1.807) is 6.21 Å². The van der Waals surface area contributed by atoms with E-state index < -0.39 is 0 Å². The van der Waals surface area contributed by atoms with E-state index in [4.69, 9.17) is 4.84 Å². The van der Waals surface area contributed by atoms with Crippen molar-refractivity contribution in [1.82, 2.24) is 4.90 Å². The number of rotatable bonds is 3. The van der Waals surface area contributed by atoms with Crippen LogP contribution in [0.4, 0.5) is 0 Å². The number of nitrogens with zero attached hydrogens (tertiary/aromatic N) is 2. The molecule has 0 amide bonds. The van der Waals surface area contributed by atoms with Gasteiger partial charge in [0.25, 0.3) is 0 Å². The van der Waals surface area contributed by atoms with Crippen LogP contribution in [0.15, 0.2) is 5.16 Å². The first-order valence-electron chi connectivity index (χ1n) is 4.26. The van der Waals surface area contributed by atoms with E-state index in [0.717, 1.165) is 0 Å². The van der Waals surface area contributed by atoms with Gasteiger partial charge in [0.05, 0.1) is 0 Å². The lowest BCUT2D eigenvalue weighted by Gasteiger charge is -2.24. The second-order valence-corrected chi connectivity index (χ2v) is 2.80. The molecule has 0 unspecified atom stereocenters. The average molecular weight is 156 g/mol. The fourth-order valence-electron chi connectivity index (χ4n) is 1.28. The van der Waals surface area contributed by atoms with Crippen molar-refractivity contribution in [3.05, 3.63) is 0 Å². The lowest BCUT2D eigenvalue weighted by atomic mass is 10.1. The lowest BCUT2D eigenvalue weighted by Crippen LogP contribution is -2.31. The van der Waals surface area contributed by atoms with Crippen molar-refractivity contribution in [2.75, 3.05) is 19.8 Å². The van der Waals surface area contributed by atoms with E-state index in [-0.39, 0.29) is 0 Å². The largest absolute Gasteiger partial charge is 0.380 e. The second kappa shape index (κ2) is 5.13. The number of hydrogen-bond donors (Lipinski definition) is 0. The quantitative estimate of drug-likeness (QED) is 0.456. The molecular formula is C8H16N2O. The first-order chi connectivity index (χ1) is 5.43. The van der Waals surface area contributed by atoms with Gasteiger partial charge >= 0.3 is 0 Å². The third-order valence-corrected chi connectivity index (χ3v) is 1.87. The van der Waals surface area contributed by atoms with Crippen LogP contribution in [-0.2, 0) is 4.84 Å². The van der Waals surface area contributed by atoms with Gasteiger partial charge in [-0.15, -0.1) is 0 Å². The van der Waals surface area contributed by atoms with Crippen molar-refractivity contribution in [2.24, 2.45) is 5.16 Å². The van der Waals surface area contributed by atoms with E-state index in [9.17, 15) is 0 Å². The zero-order valence-electron chi connectivity index (χ0n) is 7.12. The number of hydrogen-bond acceptors (Lipinski definition) is 3. The molecule has 0 N–H and O–H groups in total. The summed E-state index contributed by atoms with van der Waals surface area (Å²) in [4.78, 5) is 7.31. The van der Waals surface area contributed by atoms with Gasteiger partial charge in [0.2, 0.25) is 0 Å². The molecule has 0 bridgehead atoms. The van der Waals surface area contributed by atoms with Crippen molar-refractivity contribution in [1.29, 1.82) is 0 Å². The van der Waals surface area contributed by atoms with E-state index >= 15 is 0 Å². The van der Waals surface area contributed by atoms with Gasteiger partial charge in [0.1, 0.15) is 0 Å². The van der Waals surface area contributed by atoms with Gasteiger partial charge in [-0.2, -0.15) is 0 Å². The summed E-state index contributed by atoms with van der Waals surface area (Å²) < 4.78 is 0. The summed E-state index contributed by atoms with van der Waals surface area (Å²) in [6.07, 6.45) is 5.65. The second-order valence-electron chi connectivity index (χ2n) is 2.80. The molecule has 0 spiro atoms. The topological polar surface area (TPSA) is 24.8 Å². The Morgan fingerprint density at radius 3 is 2.73 bits per heavy atom. The monoisotopic (exact) mass is 156 g/mol. The van der Waals surface area contributed by atoms with Crippen molar-refractivity contribution in [2.45, 2.75) is 26.2 Å². The summed E-state index contributed by atoms with van der Waals surface area (Å²) in [7, 11) is 0. The van der Waals surface area contributed by atoms with Crippen LogP contribution in [0.5, 0.6) is 0 Å². The molecule has 0 aromatic heterocycles. The van der Waals surface area contributed by atoms with Crippen molar-refractivity contribution in [3.8, 4) is 0 Å². The highest BCUT2D eigenvalue weighted by Gasteiger charge is 2.08. The fourth-order valence-corrected chi connectivity index (χ4v) is 1.28. The molecule has 0 aliphatic carbocycles. The fraction of sp³-hybridized carbons (Fsp3) is 0.875. The molecule has 1 heterocycles. The minimum absolute atomic E-state index is 0.657. The zero-order chi connectivity index (χ0) is 7.94. The molecule has 1 aliphatic rings. The van der Waals surface area contributed by atoms with Crippen LogP contribution in [0.3, 0.4) is 0 Å². The van der Waals surface area contributed by atoms with Gasteiger partial charge in [-0.25, -0.2) is 0 Å². The number of oxime groups is 1. The van der Waals surface area contributed by atoms with Gasteiger partial charge in [0.15, 0.2) is 6.73 Å². The smallest absolute Gasteiger partial charge is 0.170 e. The maximum absolute atomic E-state index is 5.02. The van der Waals surface area contributed by atoms with Crippen molar-refractivity contribution >= 4 is 6.21 Å². The molecule has 1 aliphatic heterocycles. The summed E-state index contributed by atoms with van der Waals surface area (Å²) >= 11 is 0. The molecule has 3 heteroatoms. The Morgan fingerprint density at radius 1 is 1.36 bits per heavy atom. The van der Waals surface area contributed by atoms with Gasteiger partial charge in [0, 0.05) is 19.3 Å². The Morgan fingerprint density at radius 2 is 2.09 bits per heavy atom. The zero-order valence-corrected chi connectivity index (χ0v) is 7.12. The van der Waals surface area contributed by atoms with Crippen LogP contribution in [0.25, 0.3) is 0 Å². The molecule has 0 atom stereocenters. The molecular weight excluding hydrogens is 140 g/mol. The molecule has 0 aromatic rings. The van der Waals surface area contributed by atoms with Crippen LogP contribution in [-0.4, -0.2) is 30.9 Å². The highest BCUT2D eigenvalue weighted by molar-refractivity contribution is 5.52. The van der Waals surface area contributed by atoms with Gasteiger partial charge in [-0.3, -0.25) is 4.90 Å². The maximum Gasteiger partial charge on any atom is 0.170 e. The molecule has 1 fully saturated rings. The molecule has 3 nitrogen and oxygen atoms in total. The predicted octanol–water partition coefficient (Wildman–Crippen LogP) is 1.45. The standard InChI is InChI=1S/C8H16N2O/c1-2-9-11-8-10-6-4-3-5-7-10/h2H,3-8H2,1H3. The van der Waals surface area contributed by atoms with Crippen LogP contribution < -0.4 is 0 Å². The summed E-state index contributed by atoms with van der Waals surface area (Å²) in [5, 5.41) is 3.70. The van der Waals surface area contributed by atoms with Gasteiger partial charge in [-0.1, -0.05) is 11.6 Å². The maximum atomic E-state index is 5.02. The molecule has 1 saturated heterocycles. The Bertz CT molecular complexity index is 119. The van der Waals surface area contributed by atoms with E-state index in [1.807, 2.05) is 6.92 Å². The summed E-state index contributed by atoms with van der Waals surface area (Å²) in [5.74, 6) is 0. The number of piperidine rings is 1. The third-order valence-electron chi connectivity index (χ3n) is 1.87. The molecule has 1 rings (SSSR count). The molecule has 0 aromatic carbocycles. The predicted molar refractivity (Wildman–Crippen MR) is 45.5 cm³/mol. The minimum atomic E-state index is 0.657. The van der Waals surface area contributed by atoms with E-state index in [2.05, 4.69) is 10.1 Å². The molecule has 0 saturated carbocycles. The molecule has 11 heavy (non-hydrogen) atoms.